The van der Waals surface area contributed by atoms with Crippen molar-refractivity contribution >= 4 is 47.4 Å². The van der Waals surface area contributed by atoms with E-state index in [-0.39, 0.29) is 48.4 Å². The van der Waals surface area contributed by atoms with Crippen molar-refractivity contribution in [3.05, 3.63) is 30.3 Å². The summed E-state index contributed by atoms with van der Waals surface area (Å²) < 4.78 is 0. The van der Waals surface area contributed by atoms with Gasteiger partial charge in [0.1, 0.15) is 0 Å². The largest absolute Gasteiger partial charge is 0.352 e. The summed E-state index contributed by atoms with van der Waals surface area (Å²) in [6, 6.07) is 9.52. The van der Waals surface area contributed by atoms with Crippen LogP contribution in [0.5, 0.6) is 0 Å². The summed E-state index contributed by atoms with van der Waals surface area (Å²) >= 11 is 0. The zero-order valence-electron chi connectivity index (χ0n) is 17.0. The highest BCUT2D eigenvalue weighted by Crippen LogP contribution is 2.26. The number of guanidine groups is 1. The maximum Gasteiger partial charge on any atom is 0.243 e. The Balaban J connectivity index is 0.00000300. The van der Waals surface area contributed by atoms with Crippen molar-refractivity contribution in [1.82, 2.24) is 15.5 Å². The molecule has 7 nitrogen and oxygen atoms in total. The predicted molar refractivity (Wildman–Crippen MR) is 127 cm³/mol. The molecule has 2 fully saturated rings. The summed E-state index contributed by atoms with van der Waals surface area (Å²) in [5, 5.41) is 9.22. The Morgan fingerprint density at radius 2 is 1.83 bits per heavy atom. The molecule has 0 aromatic heterocycles. The van der Waals surface area contributed by atoms with Gasteiger partial charge in [-0.2, -0.15) is 0 Å². The lowest BCUT2D eigenvalue weighted by molar-refractivity contribution is -0.135. The second-order valence-electron chi connectivity index (χ2n) is 7.59. The van der Waals surface area contributed by atoms with Crippen LogP contribution in [0.1, 0.15) is 38.5 Å². The average Bonchev–Trinajstić information content (AvgIpc) is 3.20. The molecular formula is C21H32IN5O2. The molecule has 0 spiro atoms. The maximum absolute atomic E-state index is 12.7. The predicted octanol–water partition coefficient (Wildman–Crippen LogP) is 2.59. The molecule has 0 bridgehead atoms. The second-order valence-corrected chi connectivity index (χ2v) is 7.59. The van der Waals surface area contributed by atoms with Gasteiger partial charge >= 0.3 is 0 Å². The maximum atomic E-state index is 12.7. The third kappa shape index (κ3) is 7.17. The van der Waals surface area contributed by atoms with Gasteiger partial charge in [0.05, 0.1) is 6.54 Å². The molecule has 1 unspecified atom stereocenters. The highest BCUT2D eigenvalue weighted by molar-refractivity contribution is 14.0. The number of carbonyl (C=O) groups is 2. The number of hydrogen-bond acceptors (Lipinski definition) is 3. The highest BCUT2D eigenvalue weighted by Gasteiger charge is 2.31. The zero-order valence-corrected chi connectivity index (χ0v) is 19.4. The lowest BCUT2D eigenvalue weighted by atomic mass is 9.88. The van der Waals surface area contributed by atoms with Gasteiger partial charge in [0.25, 0.3) is 0 Å². The first-order valence-electron chi connectivity index (χ1n) is 10.3. The number of halogens is 1. The number of nitrogens with one attached hydrogen (secondary N) is 3. The van der Waals surface area contributed by atoms with E-state index >= 15 is 0 Å². The first-order valence-corrected chi connectivity index (χ1v) is 10.3. The quantitative estimate of drug-likeness (QED) is 0.321. The number of hydrogen-bond donors (Lipinski definition) is 3. The Bertz CT molecular complexity index is 692. The number of anilines is 1. The van der Waals surface area contributed by atoms with Gasteiger partial charge in [-0.1, -0.05) is 37.5 Å². The molecule has 2 amide bonds. The number of amides is 2. The fraction of sp³-hybridized carbons (Fsp3) is 0.571. The van der Waals surface area contributed by atoms with Crippen molar-refractivity contribution in [1.29, 1.82) is 0 Å². The molecule has 3 rings (SSSR count). The van der Waals surface area contributed by atoms with Crippen LogP contribution in [0.15, 0.2) is 35.3 Å². The van der Waals surface area contributed by atoms with Gasteiger partial charge in [-0.15, -0.1) is 24.0 Å². The van der Waals surface area contributed by atoms with E-state index in [4.69, 9.17) is 0 Å². The summed E-state index contributed by atoms with van der Waals surface area (Å²) in [5.74, 6) is 0.982. The minimum Gasteiger partial charge on any atom is -0.352 e. The van der Waals surface area contributed by atoms with Crippen molar-refractivity contribution in [2.24, 2.45) is 10.9 Å². The fourth-order valence-electron chi connectivity index (χ4n) is 3.96. The van der Waals surface area contributed by atoms with Crippen molar-refractivity contribution in [3.63, 3.8) is 0 Å². The summed E-state index contributed by atoms with van der Waals surface area (Å²) in [6.45, 7) is 1.62. The van der Waals surface area contributed by atoms with E-state index in [1.807, 2.05) is 35.2 Å². The summed E-state index contributed by atoms with van der Waals surface area (Å²) in [7, 11) is 1.68. The van der Waals surface area contributed by atoms with Gasteiger partial charge in [0.15, 0.2) is 5.96 Å². The van der Waals surface area contributed by atoms with E-state index < -0.39 is 0 Å². The van der Waals surface area contributed by atoms with E-state index in [1.54, 1.807) is 7.05 Å². The molecule has 1 heterocycles. The SMILES string of the molecule is CN=C(NCC(=O)Nc1ccccc1)NC1CCN(C(=O)C2CCCCC2)C1.I. The number of rotatable bonds is 5. The number of aliphatic imine (C=N–C) groups is 1. The molecular weight excluding hydrogens is 481 g/mol. The van der Waals surface area contributed by atoms with Crippen LogP contribution in [0, 0.1) is 5.92 Å². The van der Waals surface area contributed by atoms with Gasteiger partial charge in [0.2, 0.25) is 11.8 Å². The first-order chi connectivity index (χ1) is 13.7. The minimum atomic E-state index is -0.130. The van der Waals surface area contributed by atoms with E-state index in [1.165, 1.54) is 19.3 Å². The minimum absolute atomic E-state index is 0. The molecule has 1 aromatic carbocycles. The van der Waals surface area contributed by atoms with Gasteiger partial charge in [0, 0.05) is 37.8 Å². The van der Waals surface area contributed by atoms with Crippen LogP contribution in [0.3, 0.4) is 0 Å². The van der Waals surface area contributed by atoms with Crippen molar-refractivity contribution in [2.75, 3.05) is 32.0 Å². The molecule has 1 saturated heterocycles. The van der Waals surface area contributed by atoms with Crippen molar-refractivity contribution < 1.29 is 9.59 Å². The van der Waals surface area contributed by atoms with Gasteiger partial charge in [-0.25, -0.2) is 0 Å². The van der Waals surface area contributed by atoms with Gasteiger partial charge < -0.3 is 20.9 Å². The Morgan fingerprint density at radius 3 is 2.52 bits per heavy atom. The monoisotopic (exact) mass is 513 g/mol. The smallest absolute Gasteiger partial charge is 0.243 e. The standard InChI is InChI=1S/C21H31N5O2.HI/c1-22-21(23-14-19(27)24-17-10-6-3-7-11-17)25-18-12-13-26(15-18)20(28)16-8-4-2-5-9-16;/h3,6-7,10-11,16,18H,2,4-5,8-9,12-15H2,1H3,(H,24,27)(H2,22,23,25);1H. The molecule has 1 aliphatic heterocycles. The third-order valence-electron chi connectivity index (χ3n) is 5.49. The number of para-hydroxylation sites is 1. The zero-order chi connectivity index (χ0) is 19.8. The number of likely N-dealkylation sites (tertiary alicyclic amines) is 1. The van der Waals surface area contributed by atoms with Crippen molar-refractivity contribution in [3.8, 4) is 0 Å². The molecule has 1 aliphatic carbocycles. The molecule has 1 aromatic rings. The van der Waals surface area contributed by atoms with Crippen LogP contribution in [-0.2, 0) is 9.59 Å². The molecule has 0 radical (unpaired) electrons. The average molecular weight is 513 g/mol. The Labute approximate surface area is 190 Å². The topological polar surface area (TPSA) is 85.8 Å². The van der Waals surface area contributed by atoms with E-state index in [0.29, 0.717) is 18.4 Å². The van der Waals surface area contributed by atoms with Gasteiger partial charge in [-0.3, -0.25) is 14.6 Å². The van der Waals surface area contributed by atoms with Crippen LogP contribution in [0.25, 0.3) is 0 Å². The van der Waals surface area contributed by atoms with Crippen LogP contribution in [0.4, 0.5) is 5.69 Å². The third-order valence-corrected chi connectivity index (χ3v) is 5.49. The molecule has 1 atom stereocenters. The lowest BCUT2D eigenvalue weighted by Gasteiger charge is -2.26. The first kappa shape index (κ1) is 23.4. The number of nitrogens with zero attached hydrogens (tertiary/aromatic N) is 2. The van der Waals surface area contributed by atoms with E-state index in [0.717, 1.165) is 31.5 Å². The van der Waals surface area contributed by atoms with E-state index in [9.17, 15) is 9.59 Å². The summed E-state index contributed by atoms with van der Waals surface area (Å²) in [6.07, 6.45) is 6.57. The van der Waals surface area contributed by atoms with Crippen LogP contribution >= 0.6 is 24.0 Å². The normalized spacial score (nSPS) is 20.0. The lowest BCUT2D eigenvalue weighted by Crippen LogP contribution is -2.47. The fourth-order valence-corrected chi connectivity index (χ4v) is 3.96. The molecule has 3 N–H and O–H groups in total. The van der Waals surface area contributed by atoms with Crippen LogP contribution in [0.2, 0.25) is 0 Å². The van der Waals surface area contributed by atoms with Crippen molar-refractivity contribution in [2.45, 2.75) is 44.6 Å². The second kappa shape index (κ2) is 12.0. The Kier molecular flexibility index (Phi) is 9.69. The molecule has 29 heavy (non-hydrogen) atoms. The molecule has 8 heteroatoms. The van der Waals surface area contributed by atoms with Gasteiger partial charge in [-0.05, 0) is 31.4 Å². The van der Waals surface area contributed by atoms with E-state index in [2.05, 4.69) is 20.9 Å². The highest BCUT2D eigenvalue weighted by atomic mass is 127. The van der Waals surface area contributed by atoms with Crippen LogP contribution < -0.4 is 16.0 Å². The Hall–Kier alpha value is -1.84. The Morgan fingerprint density at radius 1 is 1.10 bits per heavy atom. The summed E-state index contributed by atoms with van der Waals surface area (Å²) in [4.78, 5) is 31.0. The number of carbonyl (C=O) groups excluding carboxylic acids is 2. The molecule has 1 saturated carbocycles. The number of benzene rings is 1. The molecule has 2 aliphatic rings. The molecule has 160 valence electrons. The summed E-state index contributed by atoms with van der Waals surface area (Å²) in [5.41, 5.74) is 0.768. The van der Waals surface area contributed by atoms with Crippen LogP contribution in [-0.4, -0.2) is 55.4 Å².